The van der Waals surface area contributed by atoms with Gasteiger partial charge in [0.05, 0.1) is 34.0 Å². The van der Waals surface area contributed by atoms with Gasteiger partial charge in [0.25, 0.3) is 11.8 Å². The molecule has 3 rings (SSSR count). The maximum Gasteiger partial charge on any atom is 0.343 e. The molecular formula is C32H48N4O6S2Si4. The molecule has 1 aliphatic rings. The van der Waals surface area contributed by atoms with Crippen molar-refractivity contribution in [1.82, 2.24) is 10.6 Å². The van der Waals surface area contributed by atoms with E-state index in [1.165, 1.54) is 0 Å². The Labute approximate surface area is 300 Å². The van der Waals surface area contributed by atoms with E-state index in [1.807, 2.05) is 0 Å². The number of aliphatic imine (C=N–C) groups is 2. The van der Waals surface area contributed by atoms with Gasteiger partial charge in [-0.15, -0.1) is 0 Å². The van der Waals surface area contributed by atoms with Crippen LogP contribution in [0.25, 0.3) is 0 Å². The summed E-state index contributed by atoms with van der Waals surface area (Å²) < 4.78 is 29.4. The minimum Gasteiger partial charge on any atom is -0.415 e. The Morgan fingerprint density at radius 2 is 0.938 bits per heavy atom. The Hall–Kier alpha value is -2.31. The lowest BCUT2D eigenvalue weighted by Gasteiger charge is -2.55. The van der Waals surface area contributed by atoms with Crippen LogP contribution in [-0.4, -0.2) is 68.7 Å². The van der Waals surface area contributed by atoms with Crippen LogP contribution in [0.3, 0.4) is 0 Å². The van der Waals surface area contributed by atoms with Crippen LogP contribution in [0.1, 0.15) is 76.1 Å². The fraction of sp³-hybridized carbons (Fsp3) is 0.500. The summed E-state index contributed by atoms with van der Waals surface area (Å²) in [4.78, 5) is 35.0. The number of hydrogen-bond donors (Lipinski definition) is 2. The molecule has 1 saturated heterocycles. The molecule has 0 aliphatic carbocycles. The number of nitrogens with zero attached hydrogens (tertiary/aromatic N) is 2. The van der Waals surface area contributed by atoms with E-state index in [0.717, 1.165) is 0 Å². The number of carbonyl (C=O) groups excluding carboxylic acids is 2. The average Bonchev–Trinajstić information content (AvgIpc) is 3.02. The van der Waals surface area contributed by atoms with Crippen LogP contribution in [0.15, 0.2) is 58.5 Å². The van der Waals surface area contributed by atoms with Crippen LogP contribution in [0.5, 0.6) is 0 Å². The summed E-state index contributed by atoms with van der Waals surface area (Å²) in [6, 6.07) is 13.6. The third-order valence-corrected chi connectivity index (χ3v) is 30.2. The van der Waals surface area contributed by atoms with Crippen LogP contribution in [0.2, 0.25) is 35.3 Å². The lowest BCUT2D eigenvalue weighted by atomic mass is 10.2. The minimum atomic E-state index is -3.38. The smallest absolute Gasteiger partial charge is 0.343 e. The van der Waals surface area contributed by atoms with Crippen molar-refractivity contribution in [2.24, 2.45) is 9.98 Å². The first-order chi connectivity index (χ1) is 22.4. The quantitative estimate of drug-likeness (QED) is 0.127. The molecule has 16 heteroatoms. The van der Waals surface area contributed by atoms with Crippen molar-refractivity contribution in [2.75, 3.05) is 12.3 Å². The van der Waals surface area contributed by atoms with Crippen LogP contribution >= 0.6 is 24.4 Å². The molecule has 4 unspecified atom stereocenters. The zero-order valence-electron chi connectivity index (χ0n) is 29.5. The van der Waals surface area contributed by atoms with E-state index in [9.17, 15) is 9.59 Å². The van der Waals surface area contributed by atoms with E-state index in [1.54, 1.807) is 48.5 Å². The molecule has 4 atom stereocenters. The van der Waals surface area contributed by atoms with Gasteiger partial charge in [0, 0.05) is 11.1 Å². The van der Waals surface area contributed by atoms with Gasteiger partial charge in [0.1, 0.15) is 0 Å². The Morgan fingerprint density at radius 3 is 1.21 bits per heavy atom. The summed E-state index contributed by atoms with van der Waals surface area (Å²) in [7, 11) is -12.7. The molecule has 0 spiro atoms. The molecule has 2 amide bonds. The molecule has 260 valence electrons. The molecule has 0 saturated carbocycles. The van der Waals surface area contributed by atoms with E-state index < -0.39 is 34.2 Å². The Kier molecular flexibility index (Phi) is 13.9. The topological polar surface area (TPSA) is 120 Å². The van der Waals surface area contributed by atoms with Crippen molar-refractivity contribution < 1.29 is 26.0 Å². The molecular weight excluding hydrogens is 713 g/mol. The highest BCUT2D eigenvalue weighted by molar-refractivity contribution is 7.78. The predicted octanol–water partition coefficient (Wildman–Crippen LogP) is 8.14. The second-order valence-corrected chi connectivity index (χ2v) is 29.8. The highest BCUT2D eigenvalue weighted by atomic mass is 32.1. The minimum absolute atomic E-state index is 0.0735. The lowest BCUT2D eigenvalue weighted by Crippen LogP contribution is -2.75. The zero-order chi connectivity index (χ0) is 35.9. The number of carbonyl (C=O) groups is 2. The molecule has 2 aromatic carbocycles. The molecule has 0 radical (unpaired) electrons. The van der Waals surface area contributed by atoms with Gasteiger partial charge in [0.2, 0.25) is 0 Å². The van der Waals surface area contributed by atoms with Crippen LogP contribution < -0.4 is 10.6 Å². The average molecular weight is 761 g/mol. The number of isothiocyanates is 2. The lowest BCUT2D eigenvalue weighted by molar-refractivity contribution is 0.0950. The number of benzene rings is 2. The van der Waals surface area contributed by atoms with E-state index >= 15 is 0 Å². The van der Waals surface area contributed by atoms with Gasteiger partial charge >= 0.3 is 34.2 Å². The molecule has 48 heavy (non-hydrogen) atoms. The van der Waals surface area contributed by atoms with Crippen molar-refractivity contribution in [3.05, 3.63) is 59.7 Å². The second-order valence-electron chi connectivity index (χ2n) is 13.5. The van der Waals surface area contributed by atoms with Crippen molar-refractivity contribution in [3.63, 3.8) is 0 Å². The maximum atomic E-state index is 13.5. The fourth-order valence-corrected chi connectivity index (χ4v) is 28.8. The third-order valence-electron chi connectivity index (χ3n) is 8.96. The highest BCUT2D eigenvalue weighted by Gasteiger charge is 2.63. The SMILES string of the molecule is CC(C)[Si]1(C)O[Si](C)(C(C)C)O[Si](CNC(=O)c2ccc(N=C=S)cc2)(C(C)C)O[Si](CNC(=O)c2ccc(N=C=S)cc2)(C(C)C)O1. The van der Waals surface area contributed by atoms with Gasteiger partial charge in [-0.1, -0.05) is 55.4 Å². The number of thiocarbonyl (C=S) groups is 2. The van der Waals surface area contributed by atoms with Gasteiger partial charge in [-0.2, -0.15) is 9.98 Å². The molecule has 2 N–H and O–H groups in total. The Bertz CT molecular complexity index is 1440. The van der Waals surface area contributed by atoms with E-state index in [4.69, 9.17) is 40.9 Å². The highest BCUT2D eigenvalue weighted by Crippen LogP contribution is 2.44. The van der Waals surface area contributed by atoms with Gasteiger partial charge in [-0.25, -0.2) is 0 Å². The molecule has 10 nitrogen and oxygen atoms in total. The van der Waals surface area contributed by atoms with Crippen LogP contribution in [-0.2, 0) is 16.5 Å². The molecule has 2 aromatic rings. The number of rotatable bonds is 12. The van der Waals surface area contributed by atoms with Gasteiger partial charge < -0.3 is 27.1 Å². The van der Waals surface area contributed by atoms with Gasteiger partial charge in [-0.05, 0) is 108 Å². The second kappa shape index (κ2) is 16.6. The molecule has 1 heterocycles. The Balaban J connectivity index is 2.08. The largest absolute Gasteiger partial charge is 0.415 e. The normalized spacial score (nSPS) is 26.0. The van der Waals surface area contributed by atoms with E-state index in [2.05, 4.69) is 99.4 Å². The van der Waals surface area contributed by atoms with Gasteiger partial charge in [-0.3, -0.25) is 9.59 Å². The molecule has 0 bridgehead atoms. The summed E-state index contributed by atoms with van der Waals surface area (Å²) in [6.45, 7) is 20.9. The first-order valence-corrected chi connectivity index (χ1v) is 26.0. The van der Waals surface area contributed by atoms with Crippen LogP contribution in [0, 0.1) is 0 Å². The summed E-state index contributed by atoms with van der Waals surface area (Å²) >= 11 is 9.40. The summed E-state index contributed by atoms with van der Waals surface area (Å²) in [6.07, 6.45) is 0.338. The van der Waals surface area contributed by atoms with Crippen molar-refractivity contribution >= 4 is 92.2 Å². The third kappa shape index (κ3) is 9.47. The first-order valence-electron chi connectivity index (χ1n) is 16.2. The van der Waals surface area contributed by atoms with E-state index in [-0.39, 0.29) is 46.3 Å². The molecule has 1 aliphatic heterocycles. The fourth-order valence-electron chi connectivity index (χ4n) is 5.05. The number of amides is 2. The summed E-state index contributed by atoms with van der Waals surface area (Å²) in [5.41, 5.74) is 2.10. The maximum absolute atomic E-state index is 13.5. The van der Waals surface area contributed by atoms with Crippen molar-refractivity contribution in [2.45, 2.75) is 90.6 Å². The Morgan fingerprint density at radius 1 is 0.604 bits per heavy atom. The van der Waals surface area contributed by atoms with Crippen molar-refractivity contribution in [3.8, 4) is 0 Å². The predicted molar refractivity (Wildman–Crippen MR) is 206 cm³/mol. The summed E-state index contributed by atoms with van der Waals surface area (Å²) in [5.74, 6) is -0.533. The number of hydrogen-bond acceptors (Lipinski definition) is 10. The van der Waals surface area contributed by atoms with Gasteiger partial charge in [0.15, 0.2) is 0 Å². The van der Waals surface area contributed by atoms with E-state index in [0.29, 0.717) is 22.5 Å². The van der Waals surface area contributed by atoms with Crippen LogP contribution in [0.4, 0.5) is 11.4 Å². The standard InChI is InChI=1S/C32H48N4O6S2Si4/c1-23(2)45(9)39-46(10,24(3)4)41-48(26(7)8,22-36-32(38)28-13-17-30(18-14-28)34-20-44)42-47(40-45,25(5)6)21-35-31(37)27-11-15-29(16-12-27)33-19-43/h11-18,23-26H,21-22H2,1-10H3,(H,35,37)(H,36,38). The molecule has 0 aromatic heterocycles. The molecule has 1 fully saturated rings. The summed E-state index contributed by atoms with van der Waals surface area (Å²) in [5, 5.41) is 11.0. The number of nitrogens with one attached hydrogen (secondary N) is 2. The van der Waals surface area contributed by atoms with Crippen molar-refractivity contribution in [1.29, 1.82) is 0 Å². The monoisotopic (exact) mass is 760 g/mol. The first kappa shape index (κ1) is 40.1. The zero-order valence-corrected chi connectivity index (χ0v) is 35.1.